The first-order valence-corrected chi connectivity index (χ1v) is 8.00. The van der Waals surface area contributed by atoms with Crippen LogP contribution in [0.1, 0.15) is 46.1 Å². The summed E-state index contributed by atoms with van der Waals surface area (Å²) >= 11 is 1.42. The van der Waals surface area contributed by atoms with Crippen molar-refractivity contribution in [1.29, 1.82) is 0 Å². The molecule has 116 valence electrons. The van der Waals surface area contributed by atoms with Gasteiger partial charge in [-0.2, -0.15) is 0 Å². The third-order valence-electron chi connectivity index (χ3n) is 2.66. The summed E-state index contributed by atoms with van der Waals surface area (Å²) in [6, 6.07) is 7.68. The number of carbonyl (C=O) groups excluding carboxylic acids is 2. The highest BCUT2D eigenvalue weighted by molar-refractivity contribution is 8.00. The highest BCUT2D eigenvalue weighted by Crippen LogP contribution is 2.21. The zero-order valence-corrected chi connectivity index (χ0v) is 14.1. The molecule has 0 atom stereocenters. The summed E-state index contributed by atoms with van der Waals surface area (Å²) in [4.78, 5) is 24.3. The predicted molar refractivity (Wildman–Crippen MR) is 87.7 cm³/mol. The van der Waals surface area contributed by atoms with Gasteiger partial charge in [-0.05, 0) is 44.4 Å². The van der Waals surface area contributed by atoms with Gasteiger partial charge in [-0.1, -0.05) is 26.0 Å². The van der Waals surface area contributed by atoms with E-state index in [1.807, 2.05) is 32.9 Å². The predicted octanol–water partition coefficient (Wildman–Crippen LogP) is 3.53. The summed E-state index contributed by atoms with van der Waals surface area (Å²) in [6.45, 7) is 9.87. The minimum atomic E-state index is -0.455. The largest absolute Gasteiger partial charge is 0.333 e. The first-order valence-electron chi connectivity index (χ1n) is 7.02. The highest BCUT2D eigenvalue weighted by Gasteiger charge is 2.15. The zero-order valence-electron chi connectivity index (χ0n) is 13.3. The number of imide groups is 1. The smallest absolute Gasteiger partial charge is 0.321 e. The van der Waals surface area contributed by atoms with Crippen LogP contribution in [0.4, 0.5) is 4.79 Å². The Kier molecular flexibility index (Phi) is 6.27. The van der Waals surface area contributed by atoms with Gasteiger partial charge in [0.1, 0.15) is 0 Å². The molecular weight excluding hydrogens is 284 g/mol. The molecule has 0 aromatic heterocycles. The average Bonchev–Trinajstić information content (AvgIpc) is 2.34. The summed E-state index contributed by atoms with van der Waals surface area (Å²) < 4.78 is 0. The molecule has 0 fully saturated rings. The second kappa shape index (κ2) is 7.50. The fraction of sp³-hybridized carbons (Fsp3) is 0.500. The maximum atomic E-state index is 11.7. The maximum absolute atomic E-state index is 11.7. The molecule has 5 heteroatoms. The summed E-state index contributed by atoms with van der Waals surface area (Å²) in [5.74, 6) is 0.418. The Morgan fingerprint density at radius 1 is 1.14 bits per heavy atom. The number of hydrogen-bond acceptors (Lipinski definition) is 3. The molecule has 0 aliphatic carbocycles. The highest BCUT2D eigenvalue weighted by atomic mass is 32.2. The van der Waals surface area contributed by atoms with Crippen molar-refractivity contribution < 1.29 is 9.59 Å². The monoisotopic (exact) mass is 308 g/mol. The minimum Gasteiger partial charge on any atom is -0.333 e. The van der Waals surface area contributed by atoms with Gasteiger partial charge in [0.2, 0.25) is 5.91 Å². The van der Waals surface area contributed by atoms with Crippen LogP contribution < -0.4 is 10.6 Å². The Balaban J connectivity index is 2.41. The number of rotatable bonds is 4. The topological polar surface area (TPSA) is 58.2 Å². The fourth-order valence-electron chi connectivity index (χ4n) is 1.63. The Morgan fingerprint density at radius 2 is 1.71 bits per heavy atom. The summed E-state index contributed by atoms with van der Waals surface area (Å²) in [5.41, 5.74) is 0.915. The van der Waals surface area contributed by atoms with Crippen molar-refractivity contribution in [2.75, 3.05) is 5.75 Å². The number of thioether (sulfide) groups is 1. The normalized spacial score (nSPS) is 11.3. The fourth-order valence-corrected chi connectivity index (χ4v) is 2.33. The van der Waals surface area contributed by atoms with E-state index in [0.717, 1.165) is 4.90 Å². The lowest BCUT2D eigenvalue weighted by Crippen LogP contribution is -2.48. The van der Waals surface area contributed by atoms with Crippen LogP contribution >= 0.6 is 11.8 Å². The number of hydrogen-bond donors (Lipinski definition) is 2. The molecule has 0 spiro atoms. The van der Waals surface area contributed by atoms with Crippen LogP contribution in [0.3, 0.4) is 0 Å². The van der Waals surface area contributed by atoms with Crippen molar-refractivity contribution in [1.82, 2.24) is 10.6 Å². The first kappa shape index (κ1) is 17.6. The van der Waals surface area contributed by atoms with Crippen LogP contribution in [0.2, 0.25) is 0 Å². The number of nitrogens with one attached hydrogen (secondary N) is 2. The van der Waals surface area contributed by atoms with Crippen molar-refractivity contribution in [3.05, 3.63) is 29.8 Å². The van der Waals surface area contributed by atoms with Crippen LogP contribution in [0.15, 0.2) is 29.2 Å². The molecule has 4 nitrogen and oxygen atoms in total. The summed E-state index contributed by atoms with van der Waals surface area (Å²) in [5, 5.41) is 5.01. The molecule has 21 heavy (non-hydrogen) atoms. The Bertz CT molecular complexity index is 490. The van der Waals surface area contributed by atoms with Crippen LogP contribution in [0.25, 0.3) is 0 Å². The van der Waals surface area contributed by atoms with Crippen molar-refractivity contribution in [2.45, 2.75) is 51.0 Å². The van der Waals surface area contributed by atoms with Gasteiger partial charge in [-0.15, -0.1) is 11.8 Å². The van der Waals surface area contributed by atoms with E-state index in [4.69, 9.17) is 0 Å². The molecule has 0 aliphatic heterocycles. The van der Waals surface area contributed by atoms with Gasteiger partial charge < -0.3 is 5.32 Å². The number of urea groups is 1. The molecule has 1 aromatic rings. The molecule has 0 heterocycles. The van der Waals surface area contributed by atoms with E-state index in [2.05, 4.69) is 36.6 Å². The maximum Gasteiger partial charge on any atom is 0.321 e. The number of carbonyl (C=O) groups is 2. The summed E-state index contributed by atoms with van der Waals surface area (Å²) in [6.07, 6.45) is 0. The Labute approximate surface area is 131 Å². The Morgan fingerprint density at radius 3 is 2.19 bits per heavy atom. The van der Waals surface area contributed by atoms with E-state index in [9.17, 15) is 9.59 Å². The molecule has 0 saturated carbocycles. The van der Waals surface area contributed by atoms with Crippen molar-refractivity contribution in [3.63, 3.8) is 0 Å². The Hall–Kier alpha value is -1.49. The van der Waals surface area contributed by atoms with Gasteiger partial charge in [0.25, 0.3) is 0 Å². The zero-order chi connectivity index (χ0) is 16.0. The van der Waals surface area contributed by atoms with Crippen LogP contribution in [0, 0.1) is 0 Å². The molecule has 2 N–H and O–H groups in total. The third-order valence-corrected chi connectivity index (χ3v) is 3.67. The standard InChI is InChI=1S/C16H24N2O2S/c1-11(2)12-6-8-13(9-7-12)21-10-14(19)17-15(20)18-16(3,4)5/h6-9,11H,10H2,1-5H3,(H2,17,18,19,20). The van der Waals surface area contributed by atoms with Crippen LogP contribution in [0.5, 0.6) is 0 Å². The molecule has 0 saturated heterocycles. The number of benzene rings is 1. The van der Waals surface area contributed by atoms with Crippen molar-refractivity contribution in [2.24, 2.45) is 0 Å². The first-order chi connectivity index (χ1) is 9.67. The van der Waals surface area contributed by atoms with Crippen molar-refractivity contribution >= 4 is 23.7 Å². The van der Waals surface area contributed by atoms with E-state index in [-0.39, 0.29) is 17.2 Å². The van der Waals surface area contributed by atoms with E-state index in [1.54, 1.807) is 0 Å². The molecule has 0 bridgehead atoms. The van der Waals surface area contributed by atoms with Crippen LogP contribution in [-0.2, 0) is 4.79 Å². The van der Waals surface area contributed by atoms with Gasteiger partial charge in [0.05, 0.1) is 5.75 Å². The van der Waals surface area contributed by atoms with E-state index in [1.165, 1.54) is 17.3 Å². The quantitative estimate of drug-likeness (QED) is 0.837. The lowest BCUT2D eigenvalue weighted by Gasteiger charge is -2.20. The molecule has 1 rings (SSSR count). The molecule has 0 aliphatic rings. The SMILES string of the molecule is CC(C)c1ccc(SCC(=O)NC(=O)NC(C)(C)C)cc1. The molecule has 0 radical (unpaired) electrons. The van der Waals surface area contributed by atoms with Gasteiger partial charge in [0.15, 0.2) is 0 Å². The lowest BCUT2D eigenvalue weighted by molar-refractivity contribution is -0.117. The van der Waals surface area contributed by atoms with E-state index < -0.39 is 6.03 Å². The molecule has 3 amide bonds. The van der Waals surface area contributed by atoms with E-state index >= 15 is 0 Å². The third kappa shape index (κ3) is 7.18. The average molecular weight is 308 g/mol. The van der Waals surface area contributed by atoms with Gasteiger partial charge in [0, 0.05) is 10.4 Å². The van der Waals surface area contributed by atoms with E-state index in [0.29, 0.717) is 5.92 Å². The molecule has 0 unspecified atom stereocenters. The van der Waals surface area contributed by atoms with Gasteiger partial charge in [-0.3, -0.25) is 10.1 Å². The molecule has 1 aromatic carbocycles. The molecular formula is C16H24N2O2S. The summed E-state index contributed by atoms with van der Waals surface area (Å²) in [7, 11) is 0. The second-order valence-corrected chi connectivity index (χ2v) is 7.31. The van der Waals surface area contributed by atoms with Gasteiger partial charge in [-0.25, -0.2) is 4.79 Å². The van der Waals surface area contributed by atoms with Gasteiger partial charge >= 0.3 is 6.03 Å². The minimum absolute atomic E-state index is 0.221. The lowest BCUT2D eigenvalue weighted by atomic mass is 10.0. The van der Waals surface area contributed by atoms with Crippen LogP contribution in [-0.4, -0.2) is 23.2 Å². The number of amides is 3. The van der Waals surface area contributed by atoms with Crippen molar-refractivity contribution in [3.8, 4) is 0 Å². The second-order valence-electron chi connectivity index (χ2n) is 6.26.